The van der Waals surface area contributed by atoms with E-state index in [1.807, 2.05) is 13.8 Å². The van der Waals surface area contributed by atoms with Gasteiger partial charge in [-0.1, -0.05) is 18.9 Å². The quantitative estimate of drug-likeness (QED) is 0.307. The fourth-order valence-electron chi connectivity index (χ4n) is 3.79. The van der Waals surface area contributed by atoms with Crippen LogP contribution in [0, 0.1) is 5.92 Å². The summed E-state index contributed by atoms with van der Waals surface area (Å²) < 4.78 is 23.4. The van der Waals surface area contributed by atoms with Crippen LogP contribution in [0.5, 0.6) is 0 Å². The van der Waals surface area contributed by atoms with Gasteiger partial charge in [-0.05, 0) is 58.3 Å². The number of rotatable bonds is 11. The van der Waals surface area contributed by atoms with E-state index in [9.17, 15) is 4.79 Å². The molecule has 5 atom stereocenters. The zero-order chi connectivity index (χ0) is 19.2. The first-order chi connectivity index (χ1) is 12.3. The smallest absolute Gasteiger partial charge is 0.302 e. The molecule has 0 aliphatic carbocycles. The van der Waals surface area contributed by atoms with Crippen LogP contribution in [-0.2, 0) is 23.7 Å². The number of esters is 1. The highest BCUT2D eigenvalue weighted by atomic mass is 16.7. The van der Waals surface area contributed by atoms with Crippen molar-refractivity contribution in [1.29, 1.82) is 0 Å². The second-order valence-electron chi connectivity index (χ2n) is 8.12. The van der Waals surface area contributed by atoms with Crippen LogP contribution in [0.1, 0.15) is 72.6 Å². The van der Waals surface area contributed by atoms with Crippen LogP contribution in [0.2, 0.25) is 0 Å². The maximum Gasteiger partial charge on any atom is 0.302 e. The second kappa shape index (κ2) is 9.86. The molecule has 0 radical (unpaired) electrons. The summed E-state index contributed by atoms with van der Waals surface area (Å²) in [7, 11) is 0. The number of hydrogen-bond acceptors (Lipinski definition) is 5. The molecule has 26 heavy (non-hydrogen) atoms. The van der Waals surface area contributed by atoms with Crippen LogP contribution in [0.3, 0.4) is 0 Å². The third kappa shape index (κ3) is 6.36. The molecule has 2 bridgehead atoms. The van der Waals surface area contributed by atoms with Gasteiger partial charge in [-0.15, -0.1) is 6.58 Å². The van der Waals surface area contributed by atoms with Crippen molar-refractivity contribution >= 4 is 5.97 Å². The summed E-state index contributed by atoms with van der Waals surface area (Å²) in [4.78, 5) is 11.4. The summed E-state index contributed by atoms with van der Waals surface area (Å²) in [5.41, 5.74) is 1.12. The average Bonchev–Trinajstić information content (AvgIpc) is 3.00. The molecule has 0 aromatic rings. The van der Waals surface area contributed by atoms with Crippen molar-refractivity contribution in [3.8, 4) is 0 Å². The van der Waals surface area contributed by atoms with Crippen LogP contribution in [0.4, 0.5) is 0 Å². The molecule has 5 unspecified atom stereocenters. The normalized spacial score (nSPS) is 30.0. The van der Waals surface area contributed by atoms with Crippen molar-refractivity contribution in [2.75, 3.05) is 13.2 Å². The van der Waals surface area contributed by atoms with E-state index in [1.165, 1.54) is 6.92 Å². The monoisotopic (exact) mass is 368 g/mol. The molecule has 0 aromatic carbocycles. The number of hydrogen-bond donors (Lipinski definition) is 0. The molecular weight excluding hydrogens is 332 g/mol. The fourth-order valence-corrected chi connectivity index (χ4v) is 3.79. The molecule has 5 nitrogen and oxygen atoms in total. The van der Waals surface area contributed by atoms with Crippen molar-refractivity contribution in [3.63, 3.8) is 0 Å². The van der Waals surface area contributed by atoms with Gasteiger partial charge in [0.15, 0.2) is 5.79 Å². The average molecular weight is 369 g/mol. The van der Waals surface area contributed by atoms with E-state index >= 15 is 0 Å². The number of carbonyl (C=O) groups excluding carboxylic acids is 1. The van der Waals surface area contributed by atoms with Gasteiger partial charge in [0.2, 0.25) is 0 Å². The minimum atomic E-state index is -0.597. The van der Waals surface area contributed by atoms with Crippen LogP contribution in [0.25, 0.3) is 0 Å². The first-order valence-corrected chi connectivity index (χ1v) is 10.0. The molecule has 150 valence electrons. The number of fused-ring (bicyclic) bond motifs is 2. The minimum absolute atomic E-state index is 0.0341. The van der Waals surface area contributed by atoms with Gasteiger partial charge < -0.3 is 18.9 Å². The van der Waals surface area contributed by atoms with E-state index in [2.05, 4.69) is 13.5 Å². The lowest BCUT2D eigenvalue weighted by Gasteiger charge is -2.39. The van der Waals surface area contributed by atoms with Crippen molar-refractivity contribution in [1.82, 2.24) is 0 Å². The van der Waals surface area contributed by atoms with Gasteiger partial charge in [0, 0.05) is 6.92 Å². The Hall–Kier alpha value is -0.910. The Morgan fingerprint density at radius 1 is 1.27 bits per heavy atom. The van der Waals surface area contributed by atoms with Crippen LogP contribution in [0.15, 0.2) is 12.2 Å². The molecule has 2 saturated heterocycles. The maximum absolute atomic E-state index is 11.4. The Kier molecular flexibility index (Phi) is 8.11. The number of allylic oxidation sites excluding steroid dienone is 1. The molecule has 2 heterocycles. The highest BCUT2D eigenvalue weighted by molar-refractivity contribution is 5.66. The summed E-state index contributed by atoms with van der Waals surface area (Å²) in [6, 6.07) is 0. The molecule has 2 aliphatic rings. The zero-order valence-corrected chi connectivity index (χ0v) is 16.9. The topological polar surface area (TPSA) is 54.0 Å². The van der Waals surface area contributed by atoms with Gasteiger partial charge in [-0.2, -0.15) is 0 Å². The van der Waals surface area contributed by atoms with E-state index in [0.717, 1.165) is 50.5 Å². The molecule has 2 fully saturated rings. The van der Waals surface area contributed by atoms with Gasteiger partial charge in [-0.25, -0.2) is 0 Å². The van der Waals surface area contributed by atoms with Crippen molar-refractivity contribution in [2.45, 2.75) is 96.7 Å². The summed E-state index contributed by atoms with van der Waals surface area (Å²) in [6.07, 6.45) is 7.13. The lowest BCUT2D eigenvalue weighted by atomic mass is 9.93. The Bertz CT molecular complexity index is 477. The Labute approximate surface area is 158 Å². The largest absolute Gasteiger partial charge is 0.462 e. The van der Waals surface area contributed by atoms with E-state index in [-0.39, 0.29) is 24.3 Å². The standard InChI is InChI=1S/C21H36O5/c1-15(2)9-11-19(25-17(4)22)16(3)8-6-7-13-23-21(5)20-12-10-18(26-20)14-24-21/h16,18-20H,1,6-14H2,2-5H3. The summed E-state index contributed by atoms with van der Waals surface area (Å²) in [6.45, 7) is 12.9. The van der Waals surface area contributed by atoms with Crippen molar-refractivity contribution < 1.29 is 23.7 Å². The first-order valence-electron chi connectivity index (χ1n) is 10.0. The van der Waals surface area contributed by atoms with E-state index in [1.54, 1.807) is 0 Å². The van der Waals surface area contributed by atoms with E-state index in [4.69, 9.17) is 18.9 Å². The first kappa shape index (κ1) is 21.4. The van der Waals surface area contributed by atoms with E-state index < -0.39 is 5.79 Å². The molecule has 0 aromatic heterocycles. The zero-order valence-electron chi connectivity index (χ0n) is 16.9. The molecule has 2 aliphatic heterocycles. The third-order valence-corrected chi connectivity index (χ3v) is 5.50. The summed E-state index contributed by atoms with van der Waals surface area (Å²) in [5, 5.41) is 0. The van der Waals surface area contributed by atoms with Gasteiger partial charge >= 0.3 is 5.97 Å². The summed E-state index contributed by atoms with van der Waals surface area (Å²) >= 11 is 0. The van der Waals surface area contributed by atoms with Crippen LogP contribution < -0.4 is 0 Å². The Balaban J connectivity index is 1.66. The SMILES string of the molecule is C=C(C)CCC(OC(C)=O)C(C)CCCCOC1(C)OCC2CCC1O2. The van der Waals surface area contributed by atoms with Gasteiger partial charge in [0.1, 0.15) is 12.2 Å². The van der Waals surface area contributed by atoms with Gasteiger partial charge in [-0.3, -0.25) is 4.79 Å². The molecule has 0 spiro atoms. The molecule has 0 saturated carbocycles. The van der Waals surface area contributed by atoms with Crippen molar-refractivity contribution in [3.05, 3.63) is 12.2 Å². The predicted octanol–water partition coefficient (Wildman–Crippen LogP) is 4.39. The minimum Gasteiger partial charge on any atom is -0.462 e. The molecule has 5 heteroatoms. The molecule has 0 amide bonds. The fraction of sp³-hybridized carbons (Fsp3) is 0.857. The van der Waals surface area contributed by atoms with Crippen LogP contribution >= 0.6 is 0 Å². The molecule has 2 rings (SSSR count). The lowest BCUT2D eigenvalue weighted by molar-refractivity contribution is -0.315. The Morgan fingerprint density at radius 2 is 2.04 bits per heavy atom. The number of unbranched alkanes of at least 4 members (excludes halogenated alkanes) is 1. The Morgan fingerprint density at radius 3 is 2.73 bits per heavy atom. The predicted molar refractivity (Wildman–Crippen MR) is 101 cm³/mol. The second-order valence-corrected chi connectivity index (χ2v) is 8.12. The van der Waals surface area contributed by atoms with E-state index in [0.29, 0.717) is 19.1 Å². The summed E-state index contributed by atoms with van der Waals surface area (Å²) in [5.74, 6) is -0.469. The third-order valence-electron chi connectivity index (χ3n) is 5.50. The van der Waals surface area contributed by atoms with Gasteiger partial charge in [0.05, 0.1) is 19.3 Å². The number of carbonyl (C=O) groups is 1. The van der Waals surface area contributed by atoms with Crippen molar-refractivity contribution in [2.24, 2.45) is 5.92 Å². The molecular formula is C21H36O5. The highest BCUT2D eigenvalue weighted by Crippen LogP contribution is 2.36. The molecule has 0 N–H and O–H groups in total. The van der Waals surface area contributed by atoms with Gasteiger partial charge in [0.25, 0.3) is 0 Å². The van der Waals surface area contributed by atoms with Crippen LogP contribution in [-0.4, -0.2) is 43.3 Å². The highest BCUT2D eigenvalue weighted by Gasteiger charge is 2.47. The number of ether oxygens (including phenoxy) is 4. The lowest BCUT2D eigenvalue weighted by Crippen LogP contribution is -2.49. The maximum atomic E-state index is 11.4.